The molecule has 1 heterocycles. The molecule has 0 aliphatic heterocycles. The number of benzene rings is 2. The molecule has 0 saturated carbocycles. The SMILES string of the molecule is Cc1ccc(S(=O)(=O)NC(CCOC(=O)c2c(C)noc2C)c2ccccc2)cc1. The summed E-state index contributed by atoms with van der Waals surface area (Å²) in [6.07, 6.45) is 0.268. The fourth-order valence-corrected chi connectivity index (χ4v) is 4.33. The zero-order chi connectivity index (χ0) is 21.7. The maximum atomic E-state index is 12.9. The van der Waals surface area contributed by atoms with Gasteiger partial charge in [-0.15, -0.1) is 0 Å². The van der Waals surface area contributed by atoms with Crippen LogP contribution in [-0.2, 0) is 14.8 Å². The van der Waals surface area contributed by atoms with Crippen molar-refractivity contribution in [2.75, 3.05) is 6.61 Å². The second kappa shape index (κ2) is 9.23. The predicted octanol–water partition coefficient (Wildman–Crippen LogP) is 3.87. The molecular formula is C22H24N2O5S. The first-order valence-electron chi connectivity index (χ1n) is 9.52. The van der Waals surface area contributed by atoms with Crippen LogP contribution in [0.1, 0.15) is 45.4 Å². The summed E-state index contributed by atoms with van der Waals surface area (Å²) in [6, 6.07) is 15.2. The molecule has 7 nitrogen and oxygen atoms in total. The highest BCUT2D eigenvalue weighted by Crippen LogP contribution is 2.21. The summed E-state index contributed by atoms with van der Waals surface area (Å²) < 4.78 is 38.8. The Morgan fingerprint density at radius 3 is 2.33 bits per heavy atom. The van der Waals surface area contributed by atoms with E-state index in [1.54, 1.807) is 38.1 Å². The lowest BCUT2D eigenvalue weighted by atomic mass is 10.1. The quantitative estimate of drug-likeness (QED) is 0.547. The molecule has 158 valence electrons. The van der Waals surface area contributed by atoms with E-state index < -0.39 is 22.0 Å². The lowest BCUT2D eigenvalue weighted by Crippen LogP contribution is -2.30. The van der Waals surface area contributed by atoms with E-state index in [2.05, 4.69) is 9.88 Å². The van der Waals surface area contributed by atoms with Crippen LogP contribution in [0.3, 0.4) is 0 Å². The van der Waals surface area contributed by atoms with Gasteiger partial charge in [-0.05, 0) is 38.5 Å². The number of nitrogens with one attached hydrogen (secondary N) is 1. The molecule has 1 unspecified atom stereocenters. The van der Waals surface area contributed by atoms with Crippen molar-refractivity contribution in [3.8, 4) is 0 Å². The molecule has 0 radical (unpaired) electrons. The summed E-state index contributed by atoms with van der Waals surface area (Å²) in [5.41, 5.74) is 2.50. The summed E-state index contributed by atoms with van der Waals surface area (Å²) in [6.45, 7) is 5.22. The van der Waals surface area contributed by atoms with Crippen molar-refractivity contribution in [3.05, 3.63) is 82.7 Å². The van der Waals surface area contributed by atoms with E-state index in [0.29, 0.717) is 17.0 Å². The monoisotopic (exact) mass is 428 g/mol. The third-order valence-electron chi connectivity index (χ3n) is 4.71. The van der Waals surface area contributed by atoms with Crippen molar-refractivity contribution in [3.63, 3.8) is 0 Å². The Balaban J connectivity index is 1.73. The summed E-state index contributed by atoms with van der Waals surface area (Å²) in [7, 11) is -3.75. The molecule has 0 amide bonds. The molecule has 1 atom stereocenters. The minimum atomic E-state index is -3.75. The molecule has 0 saturated heterocycles. The number of esters is 1. The first-order chi connectivity index (χ1) is 14.3. The number of carbonyl (C=O) groups excluding carboxylic acids is 1. The first kappa shape index (κ1) is 21.7. The van der Waals surface area contributed by atoms with Gasteiger partial charge in [-0.1, -0.05) is 53.2 Å². The minimum absolute atomic E-state index is 0.0267. The second-order valence-electron chi connectivity index (χ2n) is 7.02. The summed E-state index contributed by atoms with van der Waals surface area (Å²) in [5.74, 6) is -0.156. The lowest BCUT2D eigenvalue weighted by molar-refractivity contribution is 0.0489. The highest BCUT2D eigenvalue weighted by Gasteiger charge is 2.23. The van der Waals surface area contributed by atoms with Gasteiger partial charge in [0, 0.05) is 6.42 Å². The Hall–Kier alpha value is -2.97. The minimum Gasteiger partial charge on any atom is -0.462 e. The van der Waals surface area contributed by atoms with Gasteiger partial charge in [0.1, 0.15) is 11.3 Å². The largest absolute Gasteiger partial charge is 0.462 e. The molecule has 30 heavy (non-hydrogen) atoms. The van der Waals surface area contributed by atoms with E-state index in [1.807, 2.05) is 37.3 Å². The topological polar surface area (TPSA) is 98.5 Å². The van der Waals surface area contributed by atoms with Gasteiger partial charge in [-0.2, -0.15) is 0 Å². The fraction of sp³-hybridized carbons (Fsp3) is 0.273. The number of ether oxygens (including phenoxy) is 1. The van der Waals surface area contributed by atoms with Crippen LogP contribution in [0.5, 0.6) is 0 Å². The average molecular weight is 429 g/mol. The Morgan fingerprint density at radius 1 is 1.07 bits per heavy atom. The van der Waals surface area contributed by atoms with Gasteiger partial charge in [0.05, 0.1) is 23.2 Å². The smallest absolute Gasteiger partial charge is 0.343 e. The van der Waals surface area contributed by atoms with E-state index >= 15 is 0 Å². The Bertz CT molecular complexity index is 1090. The van der Waals surface area contributed by atoms with Crippen molar-refractivity contribution in [2.45, 2.75) is 38.1 Å². The normalized spacial score (nSPS) is 12.5. The Morgan fingerprint density at radius 2 is 1.73 bits per heavy atom. The molecule has 0 aliphatic rings. The maximum absolute atomic E-state index is 12.9. The standard InChI is InChI=1S/C22H24N2O5S/c1-15-9-11-19(12-10-15)30(26,27)24-20(18-7-5-4-6-8-18)13-14-28-22(25)21-16(2)23-29-17(21)3/h4-12,20,24H,13-14H2,1-3H3. The first-order valence-corrected chi connectivity index (χ1v) is 11.0. The number of hydrogen-bond donors (Lipinski definition) is 1. The number of nitrogens with zero attached hydrogens (tertiary/aromatic N) is 1. The van der Waals surface area contributed by atoms with E-state index in [4.69, 9.17) is 9.26 Å². The number of rotatable bonds is 8. The summed E-state index contributed by atoms with van der Waals surface area (Å²) in [4.78, 5) is 12.5. The number of aryl methyl sites for hydroxylation is 3. The molecule has 3 rings (SSSR count). The molecule has 0 spiro atoms. The van der Waals surface area contributed by atoms with Crippen molar-refractivity contribution < 1.29 is 22.5 Å². The maximum Gasteiger partial charge on any atom is 0.343 e. The van der Waals surface area contributed by atoms with Crippen molar-refractivity contribution in [1.29, 1.82) is 0 Å². The van der Waals surface area contributed by atoms with Gasteiger partial charge >= 0.3 is 5.97 Å². The van der Waals surface area contributed by atoms with Crippen LogP contribution in [0, 0.1) is 20.8 Å². The van der Waals surface area contributed by atoms with E-state index in [0.717, 1.165) is 11.1 Å². The van der Waals surface area contributed by atoms with Crippen LogP contribution in [0.15, 0.2) is 64.0 Å². The van der Waals surface area contributed by atoms with Crippen molar-refractivity contribution in [1.82, 2.24) is 9.88 Å². The summed E-state index contributed by atoms with van der Waals surface area (Å²) in [5, 5.41) is 3.75. The van der Waals surface area contributed by atoms with Gasteiger partial charge in [0.15, 0.2) is 0 Å². The van der Waals surface area contributed by atoms with Crippen LogP contribution in [0.4, 0.5) is 0 Å². The fourth-order valence-electron chi connectivity index (χ4n) is 3.07. The van der Waals surface area contributed by atoms with Gasteiger partial charge in [0.2, 0.25) is 10.0 Å². The van der Waals surface area contributed by atoms with E-state index in [-0.39, 0.29) is 17.9 Å². The number of carbonyl (C=O) groups is 1. The second-order valence-corrected chi connectivity index (χ2v) is 8.74. The van der Waals surface area contributed by atoms with Crippen LogP contribution in [-0.4, -0.2) is 26.2 Å². The Labute approximate surface area is 176 Å². The number of hydrogen-bond acceptors (Lipinski definition) is 6. The highest BCUT2D eigenvalue weighted by molar-refractivity contribution is 7.89. The molecule has 3 aromatic rings. The van der Waals surface area contributed by atoms with Crippen LogP contribution in [0.25, 0.3) is 0 Å². The molecule has 2 aromatic carbocycles. The zero-order valence-electron chi connectivity index (χ0n) is 17.1. The molecule has 8 heteroatoms. The van der Waals surface area contributed by atoms with Gasteiger partial charge < -0.3 is 9.26 Å². The average Bonchev–Trinajstić information content (AvgIpc) is 3.06. The van der Waals surface area contributed by atoms with Gasteiger partial charge in [0.25, 0.3) is 0 Å². The Kier molecular flexibility index (Phi) is 6.69. The summed E-state index contributed by atoms with van der Waals surface area (Å²) >= 11 is 0. The number of aromatic nitrogens is 1. The van der Waals surface area contributed by atoms with Crippen molar-refractivity contribution >= 4 is 16.0 Å². The molecule has 0 fully saturated rings. The van der Waals surface area contributed by atoms with Crippen molar-refractivity contribution in [2.24, 2.45) is 0 Å². The molecular weight excluding hydrogens is 404 g/mol. The third-order valence-corrected chi connectivity index (χ3v) is 6.20. The predicted molar refractivity (Wildman–Crippen MR) is 112 cm³/mol. The van der Waals surface area contributed by atoms with Crippen LogP contribution < -0.4 is 4.72 Å². The molecule has 0 bridgehead atoms. The van der Waals surface area contributed by atoms with Crippen LogP contribution in [0.2, 0.25) is 0 Å². The zero-order valence-corrected chi connectivity index (χ0v) is 17.9. The van der Waals surface area contributed by atoms with Crippen LogP contribution >= 0.6 is 0 Å². The van der Waals surface area contributed by atoms with E-state index in [9.17, 15) is 13.2 Å². The lowest BCUT2D eigenvalue weighted by Gasteiger charge is -2.19. The third kappa shape index (κ3) is 5.14. The van der Waals surface area contributed by atoms with Gasteiger partial charge in [-0.25, -0.2) is 17.9 Å². The number of sulfonamides is 1. The van der Waals surface area contributed by atoms with Gasteiger partial charge in [-0.3, -0.25) is 0 Å². The molecule has 1 N–H and O–H groups in total. The molecule has 0 aliphatic carbocycles. The molecule has 1 aromatic heterocycles. The highest BCUT2D eigenvalue weighted by atomic mass is 32.2. The van der Waals surface area contributed by atoms with E-state index in [1.165, 1.54) is 0 Å².